The standard InChI is InChI=1S/C8H11IN2O2.C4H4IN/c1-8(2,3)13-7(12)11-5-6(9)4-10-11;5-4-1-2-6-3-4/h4-5H,1-3H3;1,3H,2H2. The first-order chi connectivity index (χ1) is 8.78. The number of nitrogens with zero attached hydrogens (tertiary/aromatic N) is 3. The Hall–Kier alpha value is -0.450. The largest absolute Gasteiger partial charge is 0.442 e. The Labute approximate surface area is 139 Å². The summed E-state index contributed by atoms with van der Waals surface area (Å²) in [6.45, 7) is 6.34. The van der Waals surface area contributed by atoms with E-state index in [0.29, 0.717) is 0 Å². The first-order valence-electron chi connectivity index (χ1n) is 5.57. The van der Waals surface area contributed by atoms with E-state index in [-0.39, 0.29) is 0 Å². The van der Waals surface area contributed by atoms with Crippen LogP contribution in [-0.4, -0.2) is 34.2 Å². The maximum Gasteiger partial charge on any atom is 0.435 e. The highest BCUT2D eigenvalue weighted by molar-refractivity contribution is 14.1. The number of carbonyl (C=O) groups is 1. The second-order valence-corrected chi connectivity index (χ2v) is 7.16. The lowest BCUT2D eigenvalue weighted by Gasteiger charge is -2.18. The fourth-order valence-electron chi connectivity index (χ4n) is 1.04. The fraction of sp³-hybridized carbons (Fsp3) is 0.417. The Balaban J connectivity index is 0.000000250. The van der Waals surface area contributed by atoms with Crippen molar-refractivity contribution in [2.75, 3.05) is 6.54 Å². The van der Waals surface area contributed by atoms with Crippen LogP contribution in [0.15, 0.2) is 27.0 Å². The van der Waals surface area contributed by atoms with Gasteiger partial charge < -0.3 is 4.74 Å². The average Bonchev–Trinajstić information content (AvgIpc) is 2.88. The summed E-state index contributed by atoms with van der Waals surface area (Å²) in [4.78, 5) is 15.3. The summed E-state index contributed by atoms with van der Waals surface area (Å²) in [7, 11) is 0. The molecule has 19 heavy (non-hydrogen) atoms. The van der Waals surface area contributed by atoms with Gasteiger partial charge in [0.1, 0.15) is 5.60 Å². The van der Waals surface area contributed by atoms with Crippen LogP contribution in [-0.2, 0) is 4.74 Å². The van der Waals surface area contributed by atoms with Gasteiger partial charge in [-0.3, -0.25) is 4.99 Å². The Morgan fingerprint density at radius 1 is 1.42 bits per heavy atom. The van der Waals surface area contributed by atoms with Crippen LogP contribution in [0.1, 0.15) is 20.8 Å². The van der Waals surface area contributed by atoms with Gasteiger partial charge in [0.15, 0.2) is 0 Å². The predicted octanol–water partition coefficient (Wildman–Crippen LogP) is 3.66. The predicted molar refractivity (Wildman–Crippen MR) is 92.0 cm³/mol. The van der Waals surface area contributed by atoms with Crippen molar-refractivity contribution < 1.29 is 9.53 Å². The molecule has 0 saturated heterocycles. The highest BCUT2D eigenvalue weighted by Gasteiger charge is 2.17. The minimum atomic E-state index is -0.478. The van der Waals surface area contributed by atoms with E-state index in [0.717, 1.165) is 10.1 Å². The van der Waals surface area contributed by atoms with Crippen LogP contribution in [0.5, 0.6) is 0 Å². The van der Waals surface area contributed by atoms with Gasteiger partial charge in [0.2, 0.25) is 0 Å². The molecular weight excluding hydrogens is 472 g/mol. The Kier molecular flexibility index (Phi) is 6.43. The number of aliphatic imine (C=N–C) groups is 1. The number of aromatic nitrogens is 2. The van der Waals surface area contributed by atoms with Crippen molar-refractivity contribution in [3.05, 3.63) is 25.6 Å². The molecule has 1 aliphatic heterocycles. The lowest BCUT2D eigenvalue weighted by atomic mass is 10.2. The Morgan fingerprint density at radius 3 is 2.42 bits per heavy atom. The van der Waals surface area contributed by atoms with Crippen LogP contribution in [0.4, 0.5) is 4.79 Å². The van der Waals surface area contributed by atoms with E-state index in [1.807, 2.05) is 27.0 Å². The normalized spacial score (nSPS) is 13.6. The van der Waals surface area contributed by atoms with E-state index < -0.39 is 11.7 Å². The molecule has 1 aliphatic rings. The molecule has 0 amide bonds. The highest BCUT2D eigenvalue weighted by atomic mass is 127. The van der Waals surface area contributed by atoms with Crippen molar-refractivity contribution >= 4 is 57.5 Å². The molecule has 0 fully saturated rings. The molecule has 0 radical (unpaired) electrons. The van der Waals surface area contributed by atoms with Crippen LogP contribution in [0, 0.1) is 3.57 Å². The number of allylic oxidation sites excluding steroid dienone is 1. The number of halogens is 2. The van der Waals surface area contributed by atoms with E-state index in [9.17, 15) is 4.79 Å². The van der Waals surface area contributed by atoms with Crippen molar-refractivity contribution in [1.82, 2.24) is 9.78 Å². The van der Waals surface area contributed by atoms with Gasteiger partial charge in [-0.1, -0.05) is 0 Å². The maximum absolute atomic E-state index is 11.3. The van der Waals surface area contributed by atoms with Crippen molar-refractivity contribution in [3.8, 4) is 0 Å². The number of hydrogen-bond acceptors (Lipinski definition) is 4. The van der Waals surface area contributed by atoms with E-state index in [1.165, 1.54) is 8.26 Å². The van der Waals surface area contributed by atoms with Gasteiger partial charge in [0, 0.05) is 9.79 Å². The van der Waals surface area contributed by atoms with E-state index in [2.05, 4.69) is 61.3 Å². The van der Waals surface area contributed by atoms with Gasteiger partial charge >= 0.3 is 6.09 Å². The summed E-state index contributed by atoms with van der Waals surface area (Å²) in [6, 6.07) is 0. The van der Waals surface area contributed by atoms with Crippen LogP contribution in [0.25, 0.3) is 0 Å². The minimum absolute atomic E-state index is 0.449. The SMILES string of the molecule is CC(C)(C)OC(=O)n1cc(I)cn1.IC1=CCN=C1. The first-order valence-corrected chi connectivity index (χ1v) is 7.73. The monoisotopic (exact) mass is 487 g/mol. The van der Waals surface area contributed by atoms with E-state index >= 15 is 0 Å². The fourth-order valence-corrected chi connectivity index (χ4v) is 1.82. The zero-order valence-corrected chi connectivity index (χ0v) is 15.2. The van der Waals surface area contributed by atoms with E-state index in [4.69, 9.17) is 4.74 Å². The number of carbonyl (C=O) groups excluding carboxylic acids is 1. The highest BCUT2D eigenvalue weighted by Crippen LogP contribution is 2.09. The van der Waals surface area contributed by atoms with E-state index in [1.54, 1.807) is 12.4 Å². The summed E-state index contributed by atoms with van der Waals surface area (Å²) < 4.78 is 8.45. The summed E-state index contributed by atoms with van der Waals surface area (Å²) >= 11 is 4.32. The van der Waals surface area contributed by atoms with Crippen molar-refractivity contribution in [1.29, 1.82) is 0 Å². The molecule has 0 bridgehead atoms. The lowest BCUT2D eigenvalue weighted by molar-refractivity contribution is 0.0514. The van der Waals surface area contributed by atoms with Crippen molar-refractivity contribution in [2.24, 2.45) is 4.99 Å². The molecule has 7 heteroatoms. The molecule has 0 saturated carbocycles. The molecule has 2 heterocycles. The third-order valence-corrected chi connectivity index (χ3v) is 3.01. The van der Waals surface area contributed by atoms with Gasteiger partial charge in [0.25, 0.3) is 0 Å². The van der Waals surface area contributed by atoms with Crippen LogP contribution >= 0.6 is 45.2 Å². The Bertz CT molecular complexity index is 499. The third-order valence-electron chi connectivity index (χ3n) is 1.74. The summed E-state index contributed by atoms with van der Waals surface area (Å²) in [6.07, 6.45) is 6.73. The molecule has 0 spiro atoms. The second-order valence-electron chi connectivity index (χ2n) is 4.67. The zero-order valence-electron chi connectivity index (χ0n) is 10.9. The third kappa shape index (κ3) is 7.04. The number of ether oxygens (including phenoxy) is 1. The molecule has 104 valence electrons. The summed E-state index contributed by atoms with van der Waals surface area (Å²) in [5, 5.41) is 3.83. The van der Waals surface area contributed by atoms with Gasteiger partial charge in [-0.15, -0.1) is 0 Å². The van der Waals surface area contributed by atoms with Crippen LogP contribution < -0.4 is 0 Å². The Morgan fingerprint density at radius 2 is 2.11 bits per heavy atom. The molecule has 1 aromatic heterocycles. The molecule has 0 unspecified atom stereocenters. The average molecular weight is 487 g/mol. The molecule has 5 nitrogen and oxygen atoms in total. The second kappa shape index (κ2) is 7.36. The molecule has 1 aromatic rings. The lowest BCUT2D eigenvalue weighted by Crippen LogP contribution is -2.27. The zero-order chi connectivity index (χ0) is 14.5. The maximum atomic E-state index is 11.3. The van der Waals surface area contributed by atoms with Gasteiger partial charge in [-0.05, 0) is 72.0 Å². The van der Waals surface area contributed by atoms with Gasteiger partial charge in [-0.2, -0.15) is 9.78 Å². The first kappa shape index (κ1) is 16.6. The number of hydrogen-bond donors (Lipinski definition) is 0. The van der Waals surface area contributed by atoms with Crippen molar-refractivity contribution in [3.63, 3.8) is 0 Å². The summed E-state index contributed by atoms with van der Waals surface area (Å²) in [5.74, 6) is 0. The topological polar surface area (TPSA) is 56.5 Å². The smallest absolute Gasteiger partial charge is 0.435 e. The molecular formula is C12H15I2N3O2. The van der Waals surface area contributed by atoms with Crippen LogP contribution in [0.2, 0.25) is 0 Å². The quantitative estimate of drug-likeness (QED) is 0.526. The molecule has 0 atom stereocenters. The van der Waals surface area contributed by atoms with Gasteiger partial charge in [-0.25, -0.2) is 4.79 Å². The minimum Gasteiger partial charge on any atom is -0.442 e. The molecule has 0 N–H and O–H groups in total. The number of rotatable bonds is 0. The molecule has 0 aromatic carbocycles. The molecule has 2 rings (SSSR count). The summed E-state index contributed by atoms with van der Waals surface area (Å²) in [5.41, 5.74) is -0.478. The van der Waals surface area contributed by atoms with Gasteiger partial charge in [0.05, 0.1) is 22.5 Å². The van der Waals surface area contributed by atoms with Crippen LogP contribution in [0.3, 0.4) is 0 Å². The van der Waals surface area contributed by atoms with Crippen molar-refractivity contribution in [2.45, 2.75) is 26.4 Å². The molecule has 0 aliphatic carbocycles.